The van der Waals surface area contributed by atoms with Crippen molar-refractivity contribution in [3.05, 3.63) is 18.2 Å². The van der Waals surface area contributed by atoms with Crippen molar-refractivity contribution in [2.45, 2.75) is 13.3 Å². The van der Waals surface area contributed by atoms with Crippen molar-refractivity contribution in [1.29, 1.82) is 0 Å². The predicted octanol–water partition coefficient (Wildman–Crippen LogP) is 0.979. The SMILES string of the molecule is CCOc1cccc(N2CCC(C(N)=O)C2)c1N. The molecule has 1 saturated heterocycles. The van der Waals surface area contributed by atoms with E-state index >= 15 is 0 Å². The van der Waals surface area contributed by atoms with Crippen LogP contribution in [0.1, 0.15) is 13.3 Å². The minimum absolute atomic E-state index is 0.0832. The molecule has 18 heavy (non-hydrogen) atoms. The summed E-state index contributed by atoms with van der Waals surface area (Å²) in [5.74, 6) is 0.370. The molecule has 1 aromatic carbocycles. The molecule has 1 amide bonds. The molecule has 0 saturated carbocycles. The van der Waals surface area contributed by atoms with E-state index in [2.05, 4.69) is 4.90 Å². The van der Waals surface area contributed by atoms with Gasteiger partial charge in [0.2, 0.25) is 5.91 Å². The van der Waals surface area contributed by atoms with Gasteiger partial charge in [0, 0.05) is 13.1 Å². The molecule has 0 spiro atoms. The average molecular weight is 249 g/mol. The van der Waals surface area contributed by atoms with Crippen molar-refractivity contribution in [3.63, 3.8) is 0 Å². The summed E-state index contributed by atoms with van der Waals surface area (Å²) in [6.45, 7) is 3.94. The predicted molar refractivity (Wildman–Crippen MR) is 71.5 cm³/mol. The monoisotopic (exact) mass is 249 g/mol. The van der Waals surface area contributed by atoms with Gasteiger partial charge in [-0.1, -0.05) is 6.07 Å². The Balaban J connectivity index is 2.19. The summed E-state index contributed by atoms with van der Waals surface area (Å²) < 4.78 is 5.47. The summed E-state index contributed by atoms with van der Waals surface area (Å²) in [5.41, 5.74) is 13.0. The lowest BCUT2D eigenvalue weighted by Gasteiger charge is -2.21. The van der Waals surface area contributed by atoms with Gasteiger partial charge in [-0.25, -0.2) is 0 Å². The number of ether oxygens (including phenoxy) is 1. The van der Waals surface area contributed by atoms with Crippen LogP contribution in [0.5, 0.6) is 5.75 Å². The average Bonchev–Trinajstić information content (AvgIpc) is 2.81. The lowest BCUT2D eigenvalue weighted by atomic mass is 10.1. The number of primary amides is 1. The first-order valence-corrected chi connectivity index (χ1v) is 6.19. The third-order valence-electron chi connectivity index (χ3n) is 3.27. The van der Waals surface area contributed by atoms with E-state index in [0.717, 1.165) is 18.7 Å². The Bertz CT molecular complexity index is 448. The zero-order valence-electron chi connectivity index (χ0n) is 10.6. The molecule has 1 aromatic rings. The number of hydrogen-bond donors (Lipinski definition) is 2. The maximum atomic E-state index is 11.2. The van der Waals surface area contributed by atoms with Gasteiger partial charge in [0.25, 0.3) is 0 Å². The number of hydrogen-bond acceptors (Lipinski definition) is 4. The number of rotatable bonds is 4. The second-order valence-electron chi connectivity index (χ2n) is 4.46. The highest BCUT2D eigenvalue weighted by Crippen LogP contribution is 2.34. The maximum absolute atomic E-state index is 11.2. The lowest BCUT2D eigenvalue weighted by Crippen LogP contribution is -2.27. The zero-order chi connectivity index (χ0) is 13.1. The zero-order valence-corrected chi connectivity index (χ0v) is 10.6. The molecule has 1 aliphatic rings. The number of nitrogens with zero attached hydrogens (tertiary/aromatic N) is 1. The van der Waals surface area contributed by atoms with Crippen LogP contribution >= 0.6 is 0 Å². The van der Waals surface area contributed by atoms with Gasteiger partial charge in [0.15, 0.2) is 0 Å². The van der Waals surface area contributed by atoms with Crippen LogP contribution in [0.2, 0.25) is 0 Å². The van der Waals surface area contributed by atoms with Crippen LogP contribution in [-0.4, -0.2) is 25.6 Å². The van der Waals surface area contributed by atoms with Gasteiger partial charge in [0.05, 0.1) is 23.9 Å². The number of amides is 1. The van der Waals surface area contributed by atoms with Crippen molar-refractivity contribution in [2.75, 3.05) is 30.3 Å². The highest BCUT2D eigenvalue weighted by molar-refractivity contribution is 5.80. The largest absolute Gasteiger partial charge is 0.492 e. The lowest BCUT2D eigenvalue weighted by molar-refractivity contribution is -0.121. The minimum atomic E-state index is -0.239. The topological polar surface area (TPSA) is 81.6 Å². The molecular weight excluding hydrogens is 230 g/mol. The van der Waals surface area contributed by atoms with Crippen molar-refractivity contribution in [1.82, 2.24) is 0 Å². The van der Waals surface area contributed by atoms with E-state index in [1.165, 1.54) is 0 Å². The number of anilines is 2. The Morgan fingerprint density at radius 1 is 1.56 bits per heavy atom. The first-order valence-electron chi connectivity index (χ1n) is 6.19. The highest BCUT2D eigenvalue weighted by atomic mass is 16.5. The Morgan fingerprint density at radius 3 is 2.94 bits per heavy atom. The van der Waals surface area contributed by atoms with Gasteiger partial charge < -0.3 is 21.1 Å². The summed E-state index contributed by atoms with van der Waals surface area (Å²) in [6.07, 6.45) is 0.785. The fourth-order valence-electron chi connectivity index (χ4n) is 2.30. The van der Waals surface area contributed by atoms with Crippen LogP contribution in [0.25, 0.3) is 0 Å². The fourth-order valence-corrected chi connectivity index (χ4v) is 2.30. The number of benzene rings is 1. The van der Waals surface area contributed by atoms with Gasteiger partial charge in [-0.05, 0) is 25.5 Å². The smallest absolute Gasteiger partial charge is 0.222 e. The maximum Gasteiger partial charge on any atom is 0.222 e. The standard InChI is InChI=1S/C13H19N3O2/c1-2-18-11-5-3-4-10(12(11)14)16-7-6-9(8-16)13(15)17/h3-5,9H,2,6-8,14H2,1H3,(H2,15,17). The van der Waals surface area contributed by atoms with Crippen LogP contribution in [0, 0.1) is 5.92 Å². The molecule has 1 heterocycles. The molecule has 0 radical (unpaired) electrons. The van der Waals surface area contributed by atoms with Crippen LogP contribution in [0.3, 0.4) is 0 Å². The second kappa shape index (κ2) is 5.16. The summed E-state index contributed by atoms with van der Waals surface area (Å²) in [4.78, 5) is 13.3. The van der Waals surface area contributed by atoms with Crippen LogP contribution < -0.4 is 21.1 Å². The highest BCUT2D eigenvalue weighted by Gasteiger charge is 2.28. The molecule has 1 fully saturated rings. The van der Waals surface area contributed by atoms with E-state index in [4.69, 9.17) is 16.2 Å². The molecule has 5 nitrogen and oxygen atoms in total. The van der Waals surface area contributed by atoms with Crippen molar-refractivity contribution < 1.29 is 9.53 Å². The summed E-state index contributed by atoms with van der Waals surface area (Å²) >= 11 is 0. The minimum Gasteiger partial charge on any atom is -0.492 e. The molecule has 0 aliphatic carbocycles. The third kappa shape index (κ3) is 2.34. The fraction of sp³-hybridized carbons (Fsp3) is 0.462. The molecule has 0 bridgehead atoms. The summed E-state index contributed by atoms with van der Waals surface area (Å²) in [6, 6.07) is 5.71. The van der Waals surface area contributed by atoms with Crippen molar-refractivity contribution in [3.8, 4) is 5.75 Å². The van der Waals surface area contributed by atoms with Crippen molar-refractivity contribution in [2.24, 2.45) is 11.7 Å². The molecule has 98 valence electrons. The van der Waals surface area contributed by atoms with Gasteiger partial charge in [0.1, 0.15) is 5.75 Å². The molecule has 5 heteroatoms. The number of nitrogens with two attached hydrogens (primary N) is 2. The van der Waals surface area contributed by atoms with Crippen LogP contribution in [-0.2, 0) is 4.79 Å². The molecular formula is C13H19N3O2. The summed E-state index contributed by atoms with van der Waals surface area (Å²) in [5, 5.41) is 0. The first-order chi connectivity index (χ1) is 8.63. The van der Waals surface area contributed by atoms with Gasteiger partial charge in [-0.3, -0.25) is 4.79 Å². The van der Waals surface area contributed by atoms with E-state index in [0.29, 0.717) is 24.6 Å². The Kier molecular flexibility index (Phi) is 3.60. The van der Waals surface area contributed by atoms with Crippen LogP contribution in [0.15, 0.2) is 18.2 Å². The Hall–Kier alpha value is -1.91. The Morgan fingerprint density at radius 2 is 2.33 bits per heavy atom. The van der Waals surface area contributed by atoms with Gasteiger partial charge >= 0.3 is 0 Å². The third-order valence-corrected chi connectivity index (χ3v) is 3.27. The molecule has 1 aliphatic heterocycles. The van der Waals surface area contributed by atoms with Crippen LogP contribution in [0.4, 0.5) is 11.4 Å². The van der Waals surface area contributed by atoms with Crippen molar-refractivity contribution >= 4 is 17.3 Å². The summed E-state index contributed by atoms with van der Waals surface area (Å²) in [7, 11) is 0. The quantitative estimate of drug-likeness (QED) is 0.779. The first kappa shape index (κ1) is 12.5. The van der Waals surface area contributed by atoms with Gasteiger partial charge in [-0.2, -0.15) is 0 Å². The molecule has 0 aromatic heterocycles. The second-order valence-corrected chi connectivity index (χ2v) is 4.46. The van der Waals surface area contributed by atoms with E-state index in [9.17, 15) is 4.79 Å². The van der Waals surface area contributed by atoms with E-state index in [1.54, 1.807) is 0 Å². The number of para-hydroxylation sites is 1. The normalized spacial score (nSPS) is 18.9. The van der Waals surface area contributed by atoms with E-state index in [-0.39, 0.29) is 11.8 Å². The Labute approximate surface area is 107 Å². The number of carbonyl (C=O) groups excluding carboxylic acids is 1. The van der Waals surface area contributed by atoms with Gasteiger partial charge in [-0.15, -0.1) is 0 Å². The number of nitrogen functional groups attached to an aromatic ring is 1. The van der Waals surface area contributed by atoms with E-state index < -0.39 is 0 Å². The molecule has 2 rings (SSSR count). The molecule has 4 N–H and O–H groups in total. The number of carbonyl (C=O) groups is 1. The molecule has 1 unspecified atom stereocenters. The van der Waals surface area contributed by atoms with E-state index in [1.807, 2.05) is 25.1 Å². The molecule has 1 atom stereocenters.